The maximum Gasteiger partial charge on any atom is 0.177 e. The average molecular weight is 302 g/mol. The molecule has 0 fully saturated rings. The molecule has 3 aromatic rings. The second-order valence-corrected chi connectivity index (χ2v) is 5.29. The summed E-state index contributed by atoms with van der Waals surface area (Å²) in [5, 5.41) is 0. The van der Waals surface area contributed by atoms with Gasteiger partial charge < -0.3 is 4.98 Å². The van der Waals surface area contributed by atoms with Crippen molar-refractivity contribution in [2.24, 2.45) is 0 Å². The maximum absolute atomic E-state index is 4.50. The van der Waals surface area contributed by atoms with Crippen LogP contribution in [0.5, 0.6) is 0 Å². The zero-order valence-electron chi connectivity index (χ0n) is 9.94. The molecule has 0 aliphatic heterocycles. The summed E-state index contributed by atoms with van der Waals surface area (Å²) in [6.45, 7) is 2.03. The third kappa shape index (κ3) is 2.29. The Labute approximate surface area is 113 Å². The monoisotopic (exact) mass is 301 g/mol. The lowest BCUT2D eigenvalue weighted by Crippen LogP contribution is -1.90. The van der Waals surface area contributed by atoms with Gasteiger partial charge in [0.2, 0.25) is 0 Å². The third-order valence-electron chi connectivity index (χ3n) is 2.78. The number of rotatable bonds is 2. The summed E-state index contributed by atoms with van der Waals surface area (Å²) in [6.07, 6.45) is 2.63. The summed E-state index contributed by atoms with van der Waals surface area (Å²) < 4.78 is 1.09. The van der Waals surface area contributed by atoms with Crippen LogP contribution in [-0.4, -0.2) is 15.0 Å². The molecule has 0 unspecified atom stereocenters. The predicted molar refractivity (Wildman–Crippen MR) is 75.6 cm³/mol. The van der Waals surface area contributed by atoms with Crippen molar-refractivity contribution in [3.63, 3.8) is 0 Å². The normalized spacial score (nSPS) is 11.0. The van der Waals surface area contributed by atoms with E-state index in [4.69, 9.17) is 0 Å². The number of benzene rings is 1. The minimum Gasteiger partial charge on any atom is -0.340 e. The molecule has 0 radical (unpaired) electrons. The van der Waals surface area contributed by atoms with Crippen LogP contribution in [0.4, 0.5) is 0 Å². The Morgan fingerprint density at radius 3 is 3.00 bits per heavy atom. The summed E-state index contributed by atoms with van der Waals surface area (Å²) in [4.78, 5) is 12.1. The fraction of sp³-hybridized carbons (Fsp3) is 0.143. The molecular formula is C14H12BrN3. The first-order valence-corrected chi connectivity index (χ1v) is 6.56. The second kappa shape index (κ2) is 4.53. The molecule has 4 heteroatoms. The molecule has 2 heterocycles. The van der Waals surface area contributed by atoms with Gasteiger partial charge in [-0.15, -0.1) is 0 Å². The Morgan fingerprint density at radius 1 is 1.28 bits per heavy atom. The summed E-state index contributed by atoms with van der Waals surface area (Å²) in [5.41, 5.74) is 4.14. The summed E-state index contributed by atoms with van der Waals surface area (Å²) in [5.74, 6) is 0.946. The lowest BCUT2D eigenvalue weighted by atomic mass is 10.1. The van der Waals surface area contributed by atoms with Crippen LogP contribution in [0.1, 0.15) is 17.0 Å². The van der Waals surface area contributed by atoms with Crippen LogP contribution in [-0.2, 0) is 6.42 Å². The summed E-state index contributed by atoms with van der Waals surface area (Å²) in [7, 11) is 0. The first-order chi connectivity index (χ1) is 8.70. The highest BCUT2D eigenvalue weighted by atomic mass is 79.9. The molecular weight excluding hydrogens is 290 g/mol. The number of hydrogen-bond acceptors (Lipinski definition) is 2. The van der Waals surface area contributed by atoms with E-state index in [0.29, 0.717) is 0 Å². The van der Waals surface area contributed by atoms with Crippen LogP contribution in [0.3, 0.4) is 0 Å². The zero-order valence-corrected chi connectivity index (χ0v) is 11.5. The van der Waals surface area contributed by atoms with E-state index in [0.717, 1.165) is 33.4 Å². The van der Waals surface area contributed by atoms with Gasteiger partial charge in [0, 0.05) is 17.1 Å². The number of aromatic amines is 1. The molecule has 0 aliphatic rings. The minimum absolute atomic E-state index is 0.783. The number of fused-ring (bicyclic) bond motifs is 1. The highest BCUT2D eigenvalue weighted by molar-refractivity contribution is 9.10. The topological polar surface area (TPSA) is 41.6 Å². The Hall–Kier alpha value is -1.68. The number of H-pyrrole nitrogens is 1. The standard InChI is InChI=1S/C14H12BrN3/c1-9-5-12-14(16-8-9)18-13(17-12)7-10-3-2-4-11(15)6-10/h2-6,8H,7H2,1H3,(H,16,17,18). The molecule has 3 nitrogen and oxygen atoms in total. The fourth-order valence-corrected chi connectivity index (χ4v) is 2.42. The molecule has 0 atom stereocenters. The van der Waals surface area contributed by atoms with Gasteiger partial charge in [0.05, 0.1) is 5.52 Å². The molecule has 1 N–H and O–H groups in total. The largest absolute Gasteiger partial charge is 0.340 e. The van der Waals surface area contributed by atoms with Gasteiger partial charge in [-0.25, -0.2) is 9.97 Å². The Kier molecular flexibility index (Phi) is 2.88. The smallest absolute Gasteiger partial charge is 0.177 e. The van der Waals surface area contributed by atoms with Crippen molar-refractivity contribution in [3.8, 4) is 0 Å². The molecule has 18 heavy (non-hydrogen) atoms. The number of halogens is 1. The molecule has 3 rings (SSSR count). The first kappa shape index (κ1) is 11.4. The van der Waals surface area contributed by atoms with Gasteiger partial charge in [0.15, 0.2) is 5.65 Å². The molecule has 0 amide bonds. The van der Waals surface area contributed by atoms with Crippen molar-refractivity contribution >= 4 is 27.1 Å². The van der Waals surface area contributed by atoms with Crippen LogP contribution in [0.15, 0.2) is 41.0 Å². The van der Waals surface area contributed by atoms with Crippen LogP contribution < -0.4 is 0 Å². The van der Waals surface area contributed by atoms with Crippen LogP contribution >= 0.6 is 15.9 Å². The van der Waals surface area contributed by atoms with Gasteiger partial charge in [0.25, 0.3) is 0 Å². The number of nitrogens with one attached hydrogen (secondary N) is 1. The van der Waals surface area contributed by atoms with Crippen molar-refractivity contribution < 1.29 is 0 Å². The molecule has 0 saturated heterocycles. The Morgan fingerprint density at radius 2 is 2.17 bits per heavy atom. The van der Waals surface area contributed by atoms with Gasteiger partial charge in [-0.1, -0.05) is 28.1 Å². The summed E-state index contributed by atoms with van der Waals surface area (Å²) in [6, 6.07) is 10.3. The number of aromatic nitrogens is 3. The number of nitrogens with zero attached hydrogens (tertiary/aromatic N) is 2. The third-order valence-corrected chi connectivity index (χ3v) is 3.28. The number of imidazole rings is 1. The zero-order chi connectivity index (χ0) is 12.5. The van der Waals surface area contributed by atoms with Crippen molar-refractivity contribution in [2.75, 3.05) is 0 Å². The van der Waals surface area contributed by atoms with Crippen LogP contribution in [0, 0.1) is 6.92 Å². The number of pyridine rings is 1. The van der Waals surface area contributed by atoms with E-state index in [9.17, 15) is 0 Å². The predicted octanol–water partition coefficient (Wildman–Crippen LogP) is 3.62. The molecule has 0 bridgehead atoms. The second-order valence-electron chi connectivity index (χ2n) is 4.37. The van der Waals surface area contributed by atoms with E-state index >= 15 is 0 Å². The molecule has 0 spiro atoms. The van der Waals surface area contributed by atoms with Gasteiger partial charge >= 0.3 is 0 Å². The Bertz CT molecular complexity index is 703. The van der Waals surface area contributed by atoms with Gasteiger partial charge in [-0.05, 0) is 36.2 Å². The van der Waals surface area contributed by atoms with E-state index in [1.54, 1.807) is 0 Å². The van der Waals surface area contributed by atoms with Crippen LogP contribution in [0.2, 0.25) is 0 Å². The SMILES string of the molecule is Cc1cnc2nc(Cc3cccc(Br)c3)[nH]c2c1. The Balaban J connectivity index is 1.95. The highest BCUT2D eigenvalue weighted by Gasteiger charge is 2.05. The van der Waals surface area contributed by atoms with E-state index in [-0.39, 0.29) is 0 Å². The van der Waals surface area contributed by atoms with Crippen molar-refractivity contribution in [1.82, 2.24) is 15.0 Å². The van der Waals surface area contributed by atoms with Gasteiger partial charge in [-0.3, -0.25) is 0 Å². The fourth-order valence-electron chi connectivity index (χ4n) is 1.98. The van der Waals surface area contributed by atoms with Crippen molar-refractivity contribution in [3.05, 3.63) is 58.0 Å². The molecule has 2 aromatic heterocycles. The minimum atomic E-state index is 0.783. The summed E-state index contributed by atoms with van der Waals surface area (Å²) >= 11 is 3.48. The van der Waals surface area contributed by atoms with E-state index < -0.39 is 0 Å². The molecule has 1 aromatic carbocycles. The van der Waals surface area contributed by atoms with E-state index in [1.807, 2.05) is 25.3 Å². The van der Waals surface area contributed by atoms with Gasteiger partial charge in [-0.2, -0.15) is 0 Å². The molecule has 0 saturated carbocycles. The van der Waals surface area contributed by atoms with E-state index in [1.165, 1.54) is 5.56 Å². The lowest BCUT2D eigenvalue weighted by Gasteiger charge is -1.98. The van der Waals surface area contributed by atoms with Crippen molar-refractivity contribution in [2.45, 2.75) is 13.3 Å². The van der Waals surface area contributed by atoms with Gasteiger partial charge in [0.1, 0.15) is 5.82 Å². The van der Waals surface area contributed by atoms with Crippen molar-refractivity contribution in [1.29, 1.82) is 0 Å². The lowest BCUT2D eigenvalue weighted by molar-refractivity contribution is 1.03. The quantitative estimate of drug-likeness (QED) is 0.785. The first-order valence-electron chi connectivity index (χ1n) is 5.76. The molecule has 0 aliphatic carbocycles. The molecule has 90 valence electrons. The highest BCUT2D eigenvalue weighted by Crippen LogP contribution is 2.16. The van der Waals surface area contributed by atoms with E-state index in [2.05, 4.69) is 49.1 Å². The number of hydrogen-bond donors (Lipinski definition) is 1. The number of aryl methyl sites for hydroxylation is 1. The average Bonchev–Trinajstić information content (AvgIpc) is 2.70. The maximum atomic E-state index is 4.50. The van der Waals surface area contributed by atoms with Crippen LogP contribution in [0.25, 0.3) is 11.2 Å².